The summed E-state index contributed by atoms with van der Waals surface area (Å²) in [7, 11) is 0. The van der Waals surface area contributed by atoms with Gasteiger partial charge in [0.2, 0.25) is 11.8 Å². The summed E-state index contributed by atoms with van der Waals surface area (Å²) in [6.45, 7) is 0.0629. The number of carbonyl (C=O) groups excluding carboxylic acids is 1. The number of carbonyl (C=O) groups is 1. The van der Waals surface area contributed by atoms with E-state index in [2.05, 4.69) is 20.5 Å². The van der Waals surface area contributed by atoms with Crippen molar-refractivity contribution in [1.29, 1.82) is 0 Å². The average Bonchev–Trinajstić information content (AvgIpc) is 3.02. The van der Waals surface area contributed by atoms with E-state index in [1.54, 1.807) is 24.5 Å². The van der Waals surface area contributed by atoms with Crippen LogP contribution in [0.1, 0.15) is 16.2 Å². The molecule has 1 N–H and O–H groups in total. The lowest BCUT2D eigenvalue weighted by atomic mass is 10.2. The molecule has 7 heteroatoms. The van der Waals surface area contributed by atoms with Crippen molar-refractivity contribution in [3.8, 4) is 11.5 Å². The van der Waals surface area contributed by atoms with Crippen LogP contribution in [-0.2, 0) is 6.54 Å². The van der Waals surface area contributed by atoms with E-state index in [1.165, 1.54) is 18.2 Å². The Labute approximate surface area is 125 Å². The Kier molecular flexibility index (Phi) is 3.86. The molecule has 0 bridgehead atoms. The van der Waals surface area contributed by atoms with E-state index in [1.807, 2.05) is 0 Å². The summed E-state index contributed by atoms with van der Waals surface area (Å²) >= 11 is 0. The van der Waals surface area contributed by atoms with Crippen molar-refractivity contribution in [3.05, 3.63) is 66.1 Å². The number of hydrogen-bond donors (Lipinski definition) is 1. The number of halogens is 1. The smallest absolute Gasteiger partial charge is 0.251 e. The van der Waals surface area contributed by atoms with Gasteiger partial charge < -0.3 is 9.73 Å². The Morgan fingerprint density at radius 2 is 2.00 bits per heavy atom. The van der Waals surface area contributed by atoms with E-state index in [0.29, 0.717) is 5.89 Å². The number of benzene rings is 1. The molecule has 6 nitrogen and oxygen atoms in total. The zero-order chi connectivity index (χ0) is 15.4. The van der Waals surface area contributed by atoms with Crippen molar-refractivity contribution < 1.29 is 13.6 Å². The SMILES string of the molecule is O=C(NCc1nnc(-c2ccncc2)o1)c1cccc(F)c1. The molecule has 0 aliphatic rings. The lowest BCUT2D eigenvalue weighted by Crippen LogP contribution is -2.23. The van der Waals surface area contributed by atoms with Crippen LogP contribution >= 0.6 is 0 Å². The van der Waals surface area contributed by atoms with Crippen molar-refractivity contribution in [2.75, 3.05) is 0 Å². The molecule has 0 saturated carbocycles. The lowest BCUT2D eigenvalue weighted by Gasteiger charge is -2.02. The van der Waals surface area contributed by atoms with Gasteiger partial charge in [-0.25, -0.2) is 4.39 Å². The first kappa shape index (κ1) is 13.9. The van der Waals surface area contributed by atoms with Gasteiger partial charge in [-0.05, 0) is 30.3 Å². The van der Waals surface area contributed by atoms with Crippen LogP contribution in [0.5, 0.6) is 0 Å². The number of aromatic nitrogens is 3. The third-order valence-electron chi connectivity index (χ3n) is 2.88. The van der Waals surface area contributed by atoms with Gasteiger partial charge in [-0.3, -0.25) is 9.78 Å². The highest BCUT2D eigenvalue weighted by molar-refractivity contribution is 5.94. The Bertz CT molecular complexity index is 789. The second kappa shape index (κ2) is 6.13. The fourth-order valence-electron chi connectivity index (χ4n) is 1.82. The number of hydrogen-bond acceptors (Lipinski definition) is 5. The van der Waals surface area contributed by atoms with Gasteiger partial charge in [-0.2, -0.15) is 0 Å². The number of amides is 1. The minimum atomic E-state index is -0.467. The van der Waals surface area contributed by atoms with Crippen molar-refractivity contribution >= 4 is 5.91 Å². The molecule has 22 heavy (non-hydrogen) atoms. The molecular formula is C15H11FN4O2. The number of nitrogens with one attached hydrogen (secondary N) is 1. The fourth-order valence-corrected chi connectivity index (χ4v) is 1.82. The summed E-state index contributed by atoms with van der Waals surface area (Å²) in [5, 5.41) is 10.3. The van der Waals surface area contributed by atoms with Crippen LogP contribution in [0, 0.1) is 5.82 Å². The van der Waals surface area contributed by atoms with Crippen LogP contribution in [-0.4, -0.2) is 21.1 Å². The van der Waals surface area contributed by atoms with Crippen LogP contribution < -0.4 is 5.32 Å². The highest BCUT2D eigenvalue weighted by Gasteiger charge is 2.11. The number of rotatable bonds is 4. The third-order valence-corrected chi connectivity index (χ3v) is 2.88. The first-order chi connectivity index (χ1) is 10.7. The molecule has 110 valence electrons. The summed E-state index contributed by atoms with van der Waals surface area (Å²) in [4.78, 5) is 15.8. The average molecular weight is 298 g/mol. The van der Waals surface area contributed by atoms with E-state index in [0.717, 1.165) is 11.6 Å². The summed E-state index contributed by atoms with van der Waals surface area (Å²) in [5.74, 6) is -0.275. The molecular weight excluding hydrogens is 287 g/mol. The molecule has 1 aromatic carbocycles. The maximum Gasteiger partial charge on any atom is 0.251 e. The van der Waals surface area contributed by atoms with Crippen LogP contribution in [0.3, 0.4) is 0 Å². The van der Waals surface area contributed by atoms with Gasteiger partial charge in [0.1, 0.15) is 5.82 Å². The van der Waals surface area contributed by atoms with Gasteiger partial charge in [0.15, 0.2) is 0 Å². The Balaban J connectivity index is 1.65. The Morgan fingerprint density at radius 3 is 2.77 bits per heavy atom. The summed E-state index contributed by atoms with van der Waals surface area (Å²) in [6, 6.07) is 8.90. The predicted molar refractivity (Wildman–Crippen MR) is 75.1 cm³/mol. The third kappa shape index (κ3) is 3.14. The molecule has 0 aliphatic heterocycles. The van der Waals surface area contributed by atoms with Crippen LogP contribution in [0.4, 0.5) is 4.39 Å². The first-order valence-electron chi connectivity index (χ1n) is 6.49. The van der Waals surface area contributed by atoms with Crippen LogP contribution in [0.15, 0.2) is 53.2 Å². The maximum absolute atomic E-state index is 13.1. The number of pyridine rings is 1. The summed E-state index contributed by atoms with van der Waals surface area (Å²) < 4.78 is 18.5. The quantitative estimate of drug-likeness (QED) is 0.798. The predicted octanol–water partition coefficient (Wildman–Crippen LogP) is 2.20. The minimum Gasteiger partial charge on any atom is -0.419 e. The van der Waals surface area contributed by atoms with E-state index in [9.17, 15) is 9.18 Å². The summed E-state index contributed by atoms with van der Waals surface area (Å²) in [6.07, 6.45) is 3.23. The molecule has 0 fully saturated rings. The second-order valence-corrected chi connectivity index (χ2v) is 4.43. The molecule has 0 atom stereocenters. The molecule has 0 spiro atoms. The monoisotopic (exact) mass is 298 g/mol. The molecule has 0 saturated heterocycles. The molecule has 2 aromatic heterocycles. The van der Waals surface area contributed by atoms with Gasteiger partial charge in [-0.1, -0.05) is 6.07 Å². The van der Waals surface area contributed by atoms with Gasteiger partial charge in [-0.15, -0.1) is 10.2 Å². The maximum atomic E-state index is 13.1. The van der Waals surface area contributed by atoms with Gasteiger partial charge in [0.05, 0.1) is 6.54 Å². The van der Waals surface area contributed by atoms with E-state index >= 15 is 0 Å². The van der Waals surface area contributed by atoms with E-state index in [4.69, 9.17) is 4.42 Å². The number of nitrogens with zero attached hydrogens (tertiary/aromatic N) is 3. The zero-order valence-corrected chi connectivity index (χ0v) is 11.4. The van der Waals surface area contributed by atoms with E-state index in [-0.39, 0.29) is 18.0 Å². The largest absolute Gasteiger partial charge is 0.419 e. The van der Waals surface area contributed by atoms with Crippen molar-refractivity contribution in [3.63, 3.8) is 0 Å². The Morgan fingerprint density at radius 1 is 1.18 bits per heavy atom. The van der Waals surface area contributed by atoms with Crippen molar-refractivity contribution in [1.82, 2.24) is 20.5 Å². The molecule has 1 amide bonds. The first-order valence-corrected chi connectivity index (χ1v) is 6.49. The van der Waals surface area contributed by atoms with Gasteiger partial charge in [0, 0.05) is 23.5 Å². The lowest BCUT2D eigenvalue weighted by molar-refractivity contribution is 0.0947. The highest BCUT2D eigenvalue weighted by atomic mass is 19.1. The molecule has 3 aromatic rings. The van der Waals surface area contributed by atoms with Crippen LogP contribution in [0.2, 0.25) is 0 Å². The van der Waals surface area contributed by atoms with Crippen LogP contribution in [0.25, 0.3) is 11.5 Å². The fraction of sp³-hybridized carbons (Fsp3) is 0.0667. The molecule has 3 rings (SSSR count). The second-order valence-electron chi connectivity index (χ2n) is 4.43. The minimum absolute atomic E-state index is 0.0629. The molecule has 0 unspecified atom stereocenters. The Hall–Kier alpha value is -3.09. The van der Waals surface area contributed by atoms with Crippen molar-refractivity contribution in [2.45, 2.75) is 6.54 Å². The molecule has 0 aliphatic carbocycles. The topological polar surface area (TPSA) is 80.9 Å². The van der Waals surface area contributed by atoms with E-state index < -0.39 is 11.7 Å². The molecule has 0 radical (unpaired) electrons. The standard InChI is InChI=1S/C15H11FN4O2/c16-12-3-1-2-11(8-12)14(21)18-9-13-19-20-15(22-13)10-4-6-17-7-5-10/h1-8H,9H2,(H,18,21). The van der Waals surface area contributed by atoms with Gasteiger partial charge >= 0.3 is 0 Å². The molecule has 2 heterocycles. The van der Waals surface area contributed by atoms with Gasteiger partial charge in [0.25, 0.3) is 5.91 Å². The highest BCUT2D eigenvalue weighted by Crippen LogP contribution is 2.16. The zero-order valence-electron chi connectivity index (χ0n) is 11.4. The summed E-state index contributed by atoms with van der Waals surface area (Å²) in [5.41, 5.74) is 0.971. The normalized spacial score (nSPS) is 10.4. The van der Waals surface area contributed by atoms with Crippen molar-refractivity contribution in [2.24, 2.45) is 0 Å².